The zero-order valence-electron chi connectivity index (χ0n) is 19.2. The second-order valence-electron chi connectivity index (χ2n) is 8.97. The molecule has 0 saturated carbocycles. The van der Waals surface area contributed by atoms with Crippen molar-refractivity contribution in [1.29, 1.82) is 0 Å². The van der Waals surface area contributed by atoms with Crippen molar-refractivity contribution < 1.29 is 18.3 Å². The third-order valence-electron chi connectivity index (χ3n) is 6.34. The minimum Gasteiger partial charge on any atom is -0.496 e. The lowest BCUT2D eigenvalue weighted by atomic mass is 10.00. The van der Waals surface area contributed by atoms with Crippen LogP contribution in [0.4, 0.5) is 8.78 Å². The number of fused-ring (bicyclic) bond motifs is 1. The molecule has 1 aliphatic heterocycles. The quantitative estimate of drug-likeness (QED) is 0.576. The van der Waals surface area contributed by atoms with Crippen LogP contribution in [0.5, 0.6) is 5.75 Å². The first-order valence-corrected chi connectivity index (χ1v) is 11.3. The number of ether oxygens (including phenoxy) is 1. The van der Waals surface area contributed by atoms with E-state index in [2.05, 4.69) is 21.3 Å². The zero-order valence-corrected chi connectivity index (χ0v) is 19.2. The van der Waals surface area contributed by atoms with Gasteiger partial charge >= 0.3 is 0 Å². The van der Waals surface area contributed by atoms with Crippen molar-refractivity contribution in [3.63, 3.8) is 0 Å². The Morgan fingerprint density at radius 2 is 1.88 bits per heavy atom. The van der Waals surface area contributed by atoms with E-state index in [9.17, 15) is 13.6 Å². The number of para-hydroxylation sites is 1. The molecular formula is C25H30F2N4O2. The van der Waals surface area contributed by atoms with Crippen LogP contribution < -0.4 is 10.1 Å². The van der Waals surface area contributed by atoms with E-state index in [0.29, 0.717) is 11.0 Å². The molecule has 1 atom stereocenters. The fraction of sp³-hybridized carbons (Fsp3) is 0.440. The van der Waals surface area contributed by atoms with Gasteiger partial charge in [0, 0.05) is 43.4 Å². The molecule has 1 saturated heterocycles. The highest BCUT2D eigenvalue weighted by Gasteiger charge is 2.29. The molecule has 1 amide bonds. The molecule has 33 heavy (non-hydrogen) atoms. The van der Waals surface area contributed by atoms with Crippen molar-refractivity contribution in [3.8, 4) is 5.75 Å². The number of carbonyl (C=O) groups is 1. The van der Waals surface area contributed by atoms with Gasteiger partial charge in [0.15, 0.2) is 11.6 Å². The van der Waals surface area contributed by atoms with Crippen molar-refractivity contribution >= 4 is 16.9 Å². The molecule has 0 aliphatic carbocycles. The first-order chi connectivity index (χ1) is 15.9. The molecule has 1 unspecified atom stereocenters. The number of benzene rings is 2. The fourth-order valence-electron chi connectivity index (χ4n) is 4.59. The number of likely N-dealkylation sites (tertiary alicyclic amines) is 1. The molecule has 1 N–H and O–H groups in total. The summed E-state index contributed by atoms with van der Waals surface area (Å²) in [4.78, 5) is 19.8. The van der Waals surface area contributed by atoms with Gasteiger partial charge in [-0.25, -0.2) is 13.8 Å². The highest BCUT2D eigenvalue weighted by atomic mass is 19.2. The summed E-state index contributed by atoms with van der Waals surface area (Å²) >= 11 is 0. The molecule has 0 radical (unpaired) electrons. The predicted molar refractivity (Wildman–Crippen MR) is 123 cm³/mol. The summed E-state index contributed by atoms with van der Waals surface area (Å²) < 4.78 is 34.5. The second-order valence-corrected chi connectivity index (χ2v) is 8.97. The van der Waals surface area contributed by atoms with Gasteiger partial charge in [-0.05, 0) is 24.8 Å². The maximum atomic E-state index is 13.9. The number of methoxy groups -OCH3 is 1. The Kier molecular flexibility index (Phi) is 6.93. The number of aromatic nitrogens is 2. The molecule has 176 valence electrons. The van der Waals surface area contributed by atoms with Gasteiger partial charge in [0.1, 0.15) is 11.8 Å². The smallest absolute Gasteiger partial charge is 0.243 e. The summed E-state index contributed by atoms with van der Waals surface area (Å²) in [6.07, 6.45) is 3.18. The van der Waals surface area contributed by atoms with Crippen LogP contribution in [0.3, 0.4) is 0 Å². The molecule has 2 aromatic carbocycles. The standard InChI is InChI=1S/C25H30F2N4O2/c1-16(2)24(31-15-28-21-12-19(26)20(27)13-22(21)31)25(32)29-18-8-10-30(11-9-18)14-17-6-4-5-7-23(17)33-3/h4-7,12-13,15-16,18,24H,8-11,14H2,1-3H3,(H,29,32). The van der Waals surface area contributed by atoms with E-state index in [1.165, 1.54) is 6.33 Å². The summed E-state index contributed by atoms with van der Waals surface area (Å²) in [6.45, 7) is 6.42. The third-order valence-corrected chi connectivity index (χ3v) is 6.34. The Morgan fingerprint density at radius 1 is 1.18 bits per heavy atom. The van der Waals surface area contributed by atoms with Gasteiger partial charge in [-0.2, -0.15) is 0 Å². The van der Waals surface area contributed by atoms with Crippen LogP contribution in [-0.4, -0.2) is 46.6 Å². The largest absolute Gasteiger partial charge is 0.496 e. The van der Waals surface area contributed by atoms with E-state index in [1.807, 2.05) is 32.0 Å². The average Bonchev–Trinajstić information content (AvgIpc) is 3.17. The average molecular weight is 457 g/mol. The Hall–Kier alpha value is -3.00. The molecule has 8 heteroatoms. The third kappa shape index (κ3) is 5.00. The molecule has 1 fully saturated rings. The Morgan fingerprint density at radius 3 is 2.58 bits per heavy atom. The van der Waals surface area contributed by atoms with Crippen LogP contribution in [0.15, 0.2) is 42.7 Å². The number of imidazole rings is 1. The first-order valence-electron chi connectivity index (χ1n) is 11.3. The molecular weight excluding hydrogens is 426 g/mol. The lowest BCUT2D eigenvalue weighted by Gasteiger charge is -2.34. The summed E-state index contributed by atoms with van der Waals surface area (Å²) in [5, 5.41) is 3.18. The zero-order chi connectivity index (χ0) is 23.5. The van der Waals surface area contributed by atoms with E-state index in [-0.39, 0.29) is 17.9 Å². The SMILES string of the molecule is COc1ccccc1CN1CCC(NC(=O)C(C(C)C)n2cnc3cc(F)c(F)cc32)CC1. The number of amides is 1. The summed E-state index contributed by atoms with van der Waals surface area (Å²) in [7, 11) is 1.68. The molecule has 2 heterocycles. The van der Waals surface area contributed by atoms with Crippen LogP contribution in [0.1, 0.15) is 38.3 Å². The van der Waals surface area contributed by atoms with E-state index >= 15 is 0 Å². The van der Waals surface area contributed by atoms with E-state index in [4.69, 9.17) is 4.74 Å². The lowest BCUT2D eigenvalue weighted by Crippen LogP contribution is -2.47. The molecule has 6 nitrogen and oxygen atoms in total. The maximum absolute atomic E-state index is 13.9. The van der Waals surface area contributed by atoms with Crippen molar-refractivity contribution in [2.75, 3.05) is 20.2 Å². The highest BCUT2D eigenvalue weighted by Crippen LogP contribution is 2.27. The number of hydrogen-bond donors (Lipinski definition) is 1. The van der Waals surface area contributed by atoms with Crippen molar-refractivity contribution in [1.82, 2.24) is 19.8 Å². The minimum absolute atomic E-state index is 0.0545. The molecule has 0 spiro atoms. The first kappa shape index (κ1) is 23.2. The molecule has 4 rings (SSSR count). The number of carbonyl (C=O) groups excluding carboxylic acids is 1. The molecule has 1 aromatic heterocycles. The monoisotopic (exact) mass is 456 g/mol. The number of nitrogens with zero attached hydrogens (tertiary/aromatic N) is 3. The number of nitrogens with one attached hydrogen (secondary N) is 1. The highest BCUT2D eigenvalue weighted by molar-refractivity contribution is 5.84. The van der Waals surface area contributed by atoms with Crippen LogP contribution >= 0.6 is 0 Å². The van der Waals surface area contributed by atoms with Gasteiger partial charge in [-0.1, -0.05) is 32.0 Å². The molecule has 3 aromatic rings. The Balaban J connectivity index is 1.41. The number of piperidine rings is 1. The lowest BCUT2D eigenvalue weighted by molar-refractivity contribution is -0.126. The number of hydrogen-bond acceptors (Lipinski definition) is 4. The van der Waals surface area contributed by atoms with Crippen LogP contribution in [0, 0.1) is 17.6 Å². The molecule has 1 aliphatic rings. The van der Waals surface area contributed by atoms with Crippen molar-refractivity contribution in [3.05, 3.63) is 59.9 Å². The van der Waals surface area contributed by atoms with Gasteiger partial charge in [0.05, 0.1) is 24.5 Å². The fourth-order valence-corrected chi connectivity index (χ4v) is 4.59. The van der Waals surface area contributed by atoms with Gasteiger partial charge in [0.25, 0.3) is 0 Å². The summed E-state index contributed by atoms with van der Waals surface area (Å²) in [5.74, 6) is -1.19. The van der Waals surface area contributed by atoms with E-state index in [0.717, 1.165) is 55.9 Å². The van der Waals surface area contributed by atoms with Gasteiger partial charge < -0.3 is 14.6 Å². The number of halogens is 2. The topological polar surface area (TPSA) is 59.4 Å². The van der Waals surface area contributed by atoms with Crippen LogP contribution in [0.25, 0.3) is 11.0 Å². The van der Waals surface area contributed by atoms with Crippen LogP contribution in [0.2, 0.25) is 0 Å². The van der Waals surface area contributed by atoms with Crippen LogP contribution in [-0.2, 0) is 11.3 Å². The maximum Gasteiger partial charge on any atom is 0.243 e. The van der Waals surface area contributed by atoms with E-state index in [1.54, 1.807) is 11.7 Å². The summed E-state index contributed by atoms with van der Waals surface area (Å²) in [6, 6.07) is 9.69. The Bertz CT molecular complexity index is 1120. The second kappa shape index (κ2) is 9.87. The normalized spacial score (nSPS) is 16.3. The van der Waals surface area contributed by atoms with Crippen molar-refractivity contribution in [2.24, 2.45) is 5.92 Å². The summed E-state index contributed by atoms with van der Waals surface area (Å²) in [5.41, 5.74) is 1.89. The number of rotatable bonds is 7. The molecule has 0 bridgehead atoms. The Labute approximate surface area is 192 Å². The van der Waals surface area contributed by atoms with Gasteiger partial charge in [-0.3, -0.25) is 9.69 Å². The van der Waals surface area contributed by atoms with Gasteiger partial charge in [-0.15, -0.1) is 0 Å². The minimum atomic E-state index is -0.949. The van der Waals surface area contributed by atoms with E-state index < -0.39 is 17.7 Å². The van der Waals surface area contributed by atoms with Crippen molar-refractivity contribution in [2.45, 2.75) is 45.3 Å². The predicted octanol–water partition coefficient (Wildman–Crippen LogP) is 4.30. The van der Waals surface area contributed by atoms with Gasteiger partial charge in [0.2, 0.25) is 5.91 Å².